The maximum absolute atomic E-state index is 13.6. The zero-order valence-corrected chi connectivity index (χ0v) is 11.7. The summed E-state index contributed by atoms with van der Waals surface area (Å²) in [6.07, 6.45) is 0.248. The molecule has 0 aliphatic carbocycles. The van der Waals surface area contributed by atoms with E-state index in [9.17, 15) is 9.18 Å². The van der Waals surface area contributed by atoms with E-state index < -0.39 is 5.82 Å². The number of hydrogen-bond donors (Lipinski definition) is 1. The van der Waals surface area contributed by atoms with Crippen molar-refractivity contribution in [2.75, 3.05) is 13.2 Å². The quantitative estimate of drug-likeness (QED) is 0.871. The van der Waals surface area contributed by atoms with Crippen molar-refractivity contribution >= 4 is 21.7 Å². The molecule has 18 heavy (non-hydrogen) atoms. The molecule has 98 valence electrons. The van der Waals surface area contributed by atoms with E-state index >= 15 is 0 Å². The van der Waals surface area contributed by atoms with Crippen LogP contribution in [0, 0.1) is 5.82 Å². The largest absolute Gasteiger partial charge is 0.378 e. The van der Waals surface area contributed by atoms with Crippen LogP contribution in [0.1, 0.15) is 23.7 Å². The summed E-state index contributed by atoms with van der Waals surface area (Å²) in [6, 6.07) is 4.58. The third-order valence-corrected chi connectivity index (χ3v) is 3.36. The molecule has 1 aromatic rings. The fraction of sp³-hybridized carbons (Fsp3) is 0.462. The summed E-state index contributed by atoms with van der Waals surface area (Å²) in [5.74, 6) is -0.683. The highest BCUT2D eigenvalue weighted by atomic mass is 79.9. The molecule has 2 unspecified atom stereocenters. The van der Waals surface area contributed by atoms with Crippen LogP contribution in [0.15, 0.2) is 22.7 Å². The average Bonchev–Trinajstić information content (AvgIpc) is 2.32. The summed E-state index contributed by atoms with van der Waals surface area (Å²) in [6.45, 7) is 3.14. The van der Waals surface area contributed by atoms with Crippen LogP contribution in [0.5, 0.6) is 0 Å². The number of carbonyl (C=O) groups excluding carboxylic acids is 1. The van der Waals surface area contributed by atoms with Gasteiger partial charge >= 0.3 is 0 Å². The molecule has 1 N–H and O–H groups in total. The van der Waals surface area contributed by atoms with Crippen molar-refractivity contribution in [2.45, 2.75) is 25.4 Å². The number of halogens is 2. The zero-order chi connectivity index (χ0) is 13.1. The molecule has 1 fully saturated rings. The SMILES string of the molecule is CC1COCC(CC(=O)c2cc(Br)ccc2F)N1. The van der Waals surface area contributed by atoms with Crippen LogP contribution in [-0.4, -0.2) is 31.1 Å². The second kappa shape index (κ2) is 5.91. The monoisotopic (exact) mass is 315 g/mol. The van der Waals surface area contributed by atoms with Crippen molar-refractivity contribution in [1.29, 1.82) is 0 Å². The predicted molar refractivity (Wildman–Crippen MR) is 70.3 cm³/mol. The molecule has 1 aliphatic heterocycles. The van der Waals surface area contributed by atoms with E-state index in [1.807, 2.05) is 6.92 Å². The van der Waals surface area contributed by atoms with Gasteiger partial charge in [-0.1, -0.05) is 15.9 Å². The number of ether oxygens (including phenoxy) is 1. The Balaban J connectivity index is 2.05. The Hall–Kier alpha value is -0.780. The number of benzene rings is 1. The molecule has 0 spiro atoms. The number of carbonyl (C=O) groups is 1. The molecule has 3 nitrogen and oxygen atoms in total. The standard InChI is InChI=1S/C13H15BrFNO2/c1-8-6-18-7-10(16-8)5-13(17)11-4-9(14)2-3-12(11)15/h2-4,8,10,16H,5-7H2,1H3. The minimum atomic E-state index is -0.479. The van der Waals surface area contributed by atoms with E-state index in [-0.39, 0.29) is 29.9 Å². The van der Waals surface area contributed by atoms with Gasteiger partial charge in [-0.3, -0.25) is 4.79 Å². The fourth-order valence-corrected chi connectivity index (χ4v) is 2.41. The van der Waals surface area contributed by atoms with Crippen LogP contribution in [0.4, 0.5) is 4.39 Å². The lowest BCUT2D eigenvalue weighted by molar-refractivity contribution is 0.0463. The van der Waals surface area contributed by atoms with Gasteiger partial charge in [0.15, 0.2) is 5.78 Å². The van der Waals surface area contributed by atoms with Crippen LogP contribution in [0.25, 0.3) is 0 Å². The molecule has 0 saturated carbocycles. The minimum Gasteiger partial charge on any atom is -0.378 e. The first-order valence-corrected chi connectivity index (χ1v) is 6.67. The molecule has 1 aliphatic rings. The Labute approximate surface area is 114 Å². The van der Waals surface area contributed by atoms with E-state index in [0.29, 0.717) is 17.7 Å². The summed E-state index contributed by atoms with van der Waals surface area (Å²) < 4.78 is 19.6. The Morgan fingerprint density at radius 2 is 2.33 bits per heavy atom. The average molecular weight is 316 g/mol. The molecular weight excluding hydrogens is 301 g/mol. The van der Waals surface area contributed by atoms with Crippen LogP contribution >= 0.6 is 15.9 Å². The van der Waals surface area contributed by atoms with Gasteiger partial charge in [-0.2, -0.15) is 0 Å². The van der Waals surface area contributed by atoms with Crippen molar-refractivity contribution in [3.8, 4) is 0 Å². The second-order valence-corrected chi connectivity index (χ2v) is 5.47. The molecular formula is C13H15BrFNO2. The first kappa shape index (κ1) is 13.6. The third-order valence-electron chi connectivity index (χ3n) is 2.87. The second-order valence-electron chi connectivity index (χ2n) is 4.55. The highest BCUT2D eigenvalue weighted by Gasteiger charge is 2.22. The van der Waals surface area contributed by atoms with Crippen LogP contribution in [-0.2, 0) is 4.74 Å². The summed E-state index contributed by atoms with van der Waals surface area (Å²) in [5.41, 5.74) is 0.129. The van der Waals surface area contributed by atoms with Crippen LogP contribution in [0.3, 0.4) is 0 Å². The van der Waals surface area contributed by atoms with Crippen molar-refractivity contribution in [2.24, 2.45) is 0 Å². The summed E-state index contributed by atoms with van der Waals surface area (Å²) in [5, 5.41) is 3.27. The molecule has 0 amide bonds. The van der Waals surface area contributed by atoms with E-state index in [1.54, 1.807) is 6.07 Å². The minimum absolute atomic E-state index is 0.0420. The van der Waals surface area contributed by atoms with Gasteiger partial charge in [-0.25, -0.2) is 4.39 Å². The summed E-state index contributed by atoms with van der Waals surface area (Å²) in [7, 11) is 0. The highest BCUT2D eigenvalue weighted by molar-refractivity contribution is 9.10. The lowest BCUT2D eigenvalue weighted by Crippen LogP contribution is -2.48. The van der Waals surface area contributed by atoms with E-state index in [2.05, 4.69) is 21.2 Å². The van der Waals surface area contributed by atoms with E-state index in [0.717, 1.165) is 0 Å². The summed E-state index contributed by atoms with van der Waals surface area (Å²) in [4.78, 5) is 12.0. The number of hydrogen-bond acceptors (Lipinski definition) is 3. The Bertz CT molecular complexity index is 453. The van der Waals surface area contributed by atoms with Gasteiger partial charge in [-0.05, 0) is 25.1 Å². The lowest BCUT2D eigenvalue weighted by atomic mass is 10.0. The van der Waals surface area contributed by atoms with Crippen molar-refractivity contribution in [3.05, 3.63) is 34.1 Å². The van der Waals surface area contributed by atoms with Gasteiger partial charge in [0.05, 0.1) is 18.8 Å². The first-order chi connectivity index (χ1) is 8.56. The third kappa shape index (κ3) is 3.37. The molecule has 1 aromatic carbocycles. The van der Waals surface area contributed by atoms with Gasteiger partial charge in [0.2, 0.25) is 0 Å². The molecule has 0 radical (unpaired) electrons. The molecule has 1 saturated heterocycles. The number of morpholine rings is 1. The zero-order valence-electron chi connectivity index (χ0n) is 10.1. The van der Waals surface area contributed by atoms with Crippen LogP contribution in [0.2, 0.25) is 0 Å². The topological polar surface area (TPSA) is 38.3 Å². The Morgan fingerprint density at radius 3 is 3.06 bits per heavy atom. The molecule has 0 bridgehead atoms. The molecule has 1 heterocycles. The lowest BCUT2D eigenvalue weighted by Gasteiger charge is -2.28. The predicted octanol–water partition coefficient (Wildman–Crippen LogP) is 2.54. The van der Waals surface area contributed by atoms with Gasteiger partial charge < -0.3 is 10.1 Å². The molecule has 2 atom stereocenters. The normalized spacial score (nSPS) is 23.9. The number of rotatable bonds is 3. The van der Waals surface area contributed by atoms with Gasteiger partial charge in [-0.15, -0.1) is 0 Å². The Kier molecular flexibility index (Phi) is 4.48. The van der Waals surface area contributed by atoms with Crippen molar-refractivity contribution < 1.29 is 13.9 Å². The molecule has 5 heteroatoms. The highest BCUT2D eigenvalue weighted by Crippen LogP contribution is 2.18. The van der Waals surface area contributed by atoms with Gasteiger partial charge in [0.1, 0.15) is 5.82 Å². The summed E-state index contributed by atoms with van der Waals surface area (Å²) >= 11 is 3.24. The van der Waals surface area contributed by atoms with Gasteiger partial charge in [0.25, 0.3) is 0 Å². The van der Waals surface area contributed by atoms with E-state index in [1.165, 1.54) is 12.1 Å². The maximum atomic E-state index is 13.6. The molecule has 2 rings (SSSR count). The smallest absolute Gasteiger partial charge is 0.167 e. The molecule has 0 aromatic heterocycles. The van der Waals surface area contributed by atoms with Crippen molar-refractivity contribution in [3.63, 3.8) is 0 Å². The number of Topliss-reactive ketones (excluding diaryl/α,β-unsaturated/α-hetero) is 1. The van der Waals surface area contributed by atoms with Crippen LogP contribution < -0.4 is 5.32 Å². The first-order valence-electron chi connectivity index (χ1n) is 5.88. The Morgan fingerprint density at radius 1 is 1.56 bits per heavy atom. The maximum Gasteiger partial charge on any atom is 0.167 e. The number of ketones is 1. The van der Waals surface area contributed by atoms with Gasteiger partial charge in [0, 0.05) is 23.0 Å². The fourth-order valence-electron chi connectivity index (χ4n) is 2.05. The van der Waals surface area contributed by atoms with Crippen molar-refractivity contribution in [1.82, 2.24) is 5.32 Å². The number of nitrogens with one attached hydrogen (secondary N) is 1. The van der Waals surface area contributed by atoms with E-state index in [4.69, 9.17) is 4.74 Å².